The van der Waals surface area contributed by atoms with Crippen LogP contribution in [-0.2, 0) is 11.3 Å². The Bertz CT molecular complexity index is 403. The van der Waals surface area contributed by atoms with Crippen LogP contribution < -0.4 is 5.73 Å². The molecule has 0 aromatic carbocycles. The van der Waals surface area contributed by atoms with Crippen LogP contribution in [0.4, 0.5) is 0 Å². The molecule has 112 valence electrons. The molecule has 1 aromatic rings. The van der Waals surface area contributed by atoms with Crippen LogP contribution in [0.1, 0.15) is 39.7 Å². The van der Waals surface area contributed by atoms with Gasteiger partial charge in [-0.05, 0) is 37.8 Å². The smallest absolute Gasteiger partial charge is 0.227 e. The average Bonchev–Trinajstić information content (AvgIpc) is 2.42. The number of aromatic nitrogens is 1. The summed E-state index contributed by atoms with van der Waals surface area (Å²) in [5.41, 5.74) is 6.84. The van der Waals surface area contributed by atoms with Crippen molar-refractivity contribution >= 4 is 5.91 Å². The van der Waals surface area contributed by atoms with E-state index in [2.05, 4.69) is 18.8 Å². The molecule has 1 amide bonds. The third kappa shape index (κ3) is 4.93. The molecule has 4 nitrogen and oxygen atoms in total. The molecule has 0 bridgehead atoms. The van der Waals surface area contributed by atoms with Crippen molar-refractivity contribution < 1.29 is 4.79 Å². The van der Waals surface area contributed by atoms with Crippen LogP contribution >= 0.6 is 0 Å². The Morgan fingerprint density at radius 2 is 2.05 bits per heavy atom. The fourth-order valence-electron chi connectivity index (χ4n) is 2.30. The van der Waals surface area contributed by atoms with Gasteiger partial charge in [-0.2, -0.15) is 0 Å². The van der Waals surface area contributed by atoms with E-state index in [1.165, 1.54) is 0 Å². The van der Waals surface area contributed by atoms with E-state index in [-0.39, 0.29) is 17.9 Å². The first-order valence-corrected chi connectivity index (χ1v) is 7.35. The topological polar surface area (TPSA) is 59.2 Å². The highest BCUT2D eigenvalue weighted by Crippen LogP contribution is 2.17. The molecule has 1 unspecified atom stereocenters. The van der Waals surface area contributed by atoms with Crippen molar-refractivity contribution in [2.75, 3.05) is 6.54 Å². The number of hydrogen-bond donors (Lipinski definition) is 1. The van der Waals surface area contributed by atoms with Gasteiger partial charge in [0.2, 0.25) is 5.91 Å². The van der Waals surface area contributed by atoms with Gasteiger partial charge in [0, 0.05) is 31.5 Å². The zero-order valence-electron chi connectivity index (χ0n) is 13.0. The predicted molar refractivity (Wildman–Crippen MR) is 81.9 cm³/mol. The summed E-state index contributed by atoms with van der Waals surface area (Å²) in [5, 5.41) is 0. The van der Waals surface area contributed by atoms with Gasteiger partial charge < -0.3 is 10.6 Å². The van der Waals surface area contributed by atoms with Crippen LogP contribution in [0.15, 0.2) is 24.5 Å². The Balaban J connectivity index is 2.81. The molecule has 0 aliphatic carbocycles. The van der Waals surface area contributed by atoms with Crippen LogP contribution in [0.2, 0.25) is 0 Å². The molecular formula is C16H27N3O. The maximum atomic E-state index is 12.7. The van der Waals surface area contributed by atoms with Crippen molar-refractivity contribution in [2.45, 2.75) is 46.7 Å². The van der Waals surface area contributed by atoms with E-state index in [0.29, 0.717) is 19.0 Å². The van der Waals surface area contributed by atoms with Crippen LogP contribution in [0.5, 0.6) is 0 Å². The maximum absolute atomic E-state index is 12.7. The number of pyridine rings is 1. The first-order chi connectivity index (χ1) is 9.45. The molecule has 1 heterocycles. The highest BCUT2D eigenvalue weighted by atomic mass is 16.2. The summed E-state index contributed by atoms with van der Waals surface area (Å²) in [7, 11) is 0. The first kappa shape index (κ1) is 16.6. The molecule has 1 rings (SSSR count). The summed E-state index contributed by atoms with van der Waals surface area (Å²) in [4.78, 5) is 18.7. The van der Waals surface area contributed by atoms with E-state index >= 15 is 0 Å². The number of amides is 1. The largest absolute Gasteiger partial charge is 0.336 e. The average molecular weight is 277 g/mol. The first-order valence-electron chi connectivity index (χ1n) is 7.35. The molecule has 0 aliphatic rings. The summed E-state index contributed by atoms with van der Waals surface area (Å²) in [6, 6.07) is 4.05. The Labute approximate surface area is 122 Å². The predicted octanol–water partition coefficient (Wildman–Crippen LogP) is 2.44. The monoisotopic (exact) mass is 277 g/mol. The second kappa shape index (κ2) is 8.00. The fourth-order valence-corrected chi connectivity index (χ4v) is 2.30. The molecule has 0 saturated heterocycles. The molecule has 4 heteroatoms. The summed E-state index contributed by atoms with van der Waals surface area (Å²) in [5.74, 6) is 0.536. The summed E-state index contributed by atoms with van der Waals surface area (Å²) >= 11 is 0. The van der Waals surface area contributed by atoms with Crippen LogP contribution in [0.25, 0.3) is 0 Å². The minimum Gasteiger partial charge on any atom is -0.336 e. The van der Waals surface area contributed by atoms with Crippen LogP contribution in [0, 0.1) is 11.8 Å². The number of nitrogens with two attached hydrogens (primary N) is 1. The van der Waals surface area contributed by atoms with Crippen molar-refractivity contribution in [1.82, 2.24) is 9.88 Å². The molecule has 0 aliphatic heterocycles. The van der Waals surface area contributed by atoms with Gasteiger partial charge in [0.05, 0.1) is 5.92 Å². The zero-order chi connectivity index (χ0) is 15.1. The molecule has 1 aromatic heterocycles. The molecule has 20 heavy (non-hydrogen) atoms. The second-order valence-corrected chi connectivity index (χ2v) is 5.98. The molecule has 0 saturated carbocycles. The normalized spacial score (nSPS) is 12.8. The third-order valence-corrected chi connectivity index (χ3v) is 3.37. The van der Waals surface area contributed by atoms with Crippen molar-refractivity contribution in [3.05, 3.63) is 30.1 Å². The number of carbonyl (C=O) groups excluding carboxylic acids is 1. The van der Waals surface area contributed by atoms with Gasteiger partial charge in [-0.25, -0.2) is 0 Å². The van der Waals surface area contributed by atoms with E-state index in [1.54, 1.807) is 6.20 Å². The molecule has 0 radical (unpaired) electrons. The molecule has 1 atom stereocenters. The number of nitrogens with zero attached hydrogens (tertiary/aromatic N) is 2. The highest BCUT2D eigenvalue weighted by Gasteiger charge is 2.25. The number of carbonyl (C=O) groups is 1. The fraction of sp³-hybridized carbons (Fsp3) is 0.625. The van der Waals surface area contributed by atoms with Gasteiger partial charge in [-0.1, -0.05) is 19.9 Å². The summed E-state index contributed by atoms with van der Waals surface area (Å²) in [6.07, 6.45) is 4.39. The SMILES string of the molecule is CC(C)CC(CN)C(=O)N(Cc1cccnc1)C(C)C. The molecule has 2 N–H and O–H groups in total. The van der Waals surface area contributed by atoms with Gasteiger partial charge in [0.1, 0.15) is 0 Å². The minimum atomic E-state index is -0.0888. The van der Waals surface area contributed by atoms with Crippen LogP contribution in [-0.4, -0.2) is 28.4 Å². The Morgan fingerprint density at radius 1 is 1.35 bits per heavy atom. The van der Waals surface area contributed by atoms with E-state index in [1.807, 2.05) is 37.1 Å². The molecule has 0 fully saturated rings. The van der Waals surface area contributed by atoms with Gasteiger partial charge in [0.15, 0.2) is 0 Å². The lowest BCUT2D eigenvalue weighted by Gasteiger charge is -2.31. The van der Waals surface area contributed by atoms with Crippen molar-refractivity contribution in [3.8, 4) is 0 Å². The summed E-state index contributed by atoms with van der Waals surface area (Å²) in [6.45, 7) is 9.33. The van der Waals surface area contributed by atoms with E-state index < -0.39 is 0 Å². The third-order valence-electron chi connectivity index (χ3n) is 3.37. The van der Waals surface area contributed by atoms with E-state index in [0.717, 1.165) is 12.0 Å². The number of rotatable bonds is 7. The van der Waals surface area contributed by atoms with Gasteiger partial charge in [-0.15, -0.1) is 0 Å². The summed E-state index contributed by atoms with van der Waals surface area (Å²) < 4.78 is 0. The van der Waals surface area contributed by atoms with Gasteiger partial charge >= 0.3 is 0 Å². The lowest BCUT2D eigenvalue weighted by Crippen LogP contribution is -2.43. The number of hydrogen-bond acceptors (Lipinski definition) is 3. The second-order valence-electron chi connectivity index (χ2n) is 5.98. The van der Waals surface area contributed by atoms with Crippen molar-refractivity contribution in [3.63, 3.8) is 0 Å². The lowest BCUT2D eigenvalue weighted by atomic mass is 9.95. The highest BCUT2D eigenvalue weighted by molar-refractivity contribution is 5.79. The van der Waals surface area contributed by atoms with Gasteiger partial charge in [0.25, 0.3) is 0 Å². The molecular weight excluding hydrogens is 250 g/mol. The minimum absolute atomic E-state index is 0.0888. The Morgan fingerprint density at radius 3 is 2.50 bits per heavy atom. The van der Waals surface area contributed by atoms with Gasteiger partial charge in [-0.3, -0.25) is 9.78 Å². The zero-order valence-corrected chi connectivity index (χ0v) is 13.0. The Hall–Kier alpha value is -1.42. The van der Waals surface area contributed by atoms with Crippen molar-refractivity contribution in [1.29, 1.82) is 0 Å². The lowest BCUT2D eigenvalue weighted by molar-refractivity contribution is -0.138. The standard InChI is InChI=1S/C16H27N3O/c1-12(2)8-15(9-17)16(20)19(13(3)4)11-14-6-5-7-18-10-14/h5-7,10,12-13,15H,8-9,11,17H2,1-4H3. The van der Waals surface area contributed by atoms with Crippen molar-refractivity contribution in [2.24, 2.45) is 17.6 Å². The quantitative estimate of drug-likeness (QED) is 0.832. The van der Waals surface area contributed by atoms with E-state index in [9.17, 15) is 4.79 Å². The van der Waals surface area contributed by atoms with Crippen LogP contribution in [0.3, 0.4) is 0 Å². The Kier molecular flexibility index (Phi) is 6.65. The van der Waals surface area contributed by atoms with E-state index in [4.69, 9.17) is 5.73 Å². The molecule has 0 spiro atoms. The maximum Gasteiger partial charge on any atom is 0.227 e.